The Balaban J connectivity index is 1.69. The second kappa shape index (κ2) is 8.76. The Kier molecular flexibility index (Phi) is 7.00. The second-order valence-electron chi connectivity index (χ2n) is 5.89. The molecule has 0 radical (unpaired) electrons. The van der Waals surface area contributed by atoms with E-state index in [1.807, 2.05) is 12.1 Å². The van der Waals surface area contributed by atoms with Crippen molar-refractivity contribution in [1.29, 1.82) is 0 Å². The Morgan fingerprint density at radius 1 is 1.32 bits per heavy atom. The summed E-state index contributed by atoms with van der Waals surface area (Å²) in [4.78, 5) is 14.5. The molecule has 0 aliphatic carbocycles. The van der Waals surface area contributed by atoms with Crippen molar-refractivity contribution in [3.05, 3.63) is 33.8 Å². The molecule has 0 bridgehead atoms. The third-order valence-electron chi connectivity index (χ3n) is 4.38. The van der Waals surface area contributed by atoms with Gasteiger partial charge < -0.3 is 10.2 Å². The molecule has 0 unspecified atom stereocenters. The van der Waals surface area contributed by atoms with Gasteiger partial charge >= 0.3 is 0 Å². The molecule has 5 heteroatoms. The highest BCUT2D eigenvalue weighted by atomic mass is 35.5. The van der Waals surface area contributed by atoms with E-state index in [1.165, 1.54) is 0 Å². The first-order chi connectivity index (χ1) is 10.6. The van der Waals surface area contributed by atoms with Crippen LogP contribution in [-0.2, 0) is 11.2 Å². The summed E-state index contributed by atoms with van der Waals surface area (Å²) in [5, 5.41) is 4.15. The first-order valence-electron chi connectivity index (χ1n) is 8.02. The van der Waals surface area contributed by atoms with E-state index in [1.54, 1.807) is 6.07 Å². The topological polar surface area (TPSA) is 32.3 Å². The van der Waals surface area contributed by atoms with Crippen molar-refractivity contribution in [3.8, 4) is 0 Å². The number of likely N-dealkylation sites (tertiary alicyclic amines) is 1. The number of nitrogens with one attached hydrogen (secondary N) is 1. The number of nitrogens with zero attached hydrogens (tertiary/aromatic N) is 1. The highest BCUT2D eigenvalue weighted by Crippen LogP contribution is 2.25. The van der Waals surface area contributed by atoms with E-state index in [2.05, 4.69) is 17.1 Å². The molecule has 1 amide bonds. The fourth-order valence-electron chi connectivity index (χ4n) is 2.92. The van der Waals surface area contributed by atoms with Crippen molar-refractivity contribution in [2.45, 2.75) is 32.6 Å². The quantitative estimate of drug-likeness (QED) is 0.853. The Hall–Kier alpha value is -0.770. The van der Waals surface area contributed by atoms with Gasteiger partial charge in [0.1, 0.15) is 0 Å². The summed E-state index contributed by atoms with van der Waals surface area (Å²) in [7, 11) is 0. The lowest BCUT2D eigenvalue weighted by Crippen LogP contribution is -2.36. The summed E-state index contributed by atoms with van der Waals surface area (Å²) >= 11 is 12.1. The van der Waals surface area contributed by atoms with Gasteiger partial charge in [-0.25, -0.2) is 0 Å². The molecule has 1 aliphatic rings. The van der Waals surface area contributed by atoms with Gasteiger partial charge in [-0.2, -0.15) is 0 Å². The molecular weight excluding hydrogens is 319 g/mol. The molecular formula is C17H24Cl2N2O. The van der Waals surface area contributed by atoms with Crippen LogP contribution in [0, 0.1) is 5.92 Å². The van der Waals surface area contributed by atoms with Gasteiger partial charge in [-0.15, -0.1) is 0 Å². The summed E-state index contributed by atoms with van der Waals surface area (Å²) in [5.74, 6) is 0.672. The Morgan fingerprint density at radius 3 is 2.73 bits per heavy atom. The molecule has 0 spiro atoms. The van der Waals surface area contributed by atoms with Gasteiger partial charge in [-0.1, -0.05) is 42.3 Å². The number of benzene rings is 1. The molecule has 1 aromatic rings. The summed E-state index contributed by atoms with van der Waals surface area (Å²) in [6, 6.07) is 5.60. The standard InChI is InChI=1S/C17H24Cl2N2O/c1-2-21-10-7-13(8-11-21)12-16(22)20-9-6-14-4-3-5-15(18)17(14)19/h3-5,13H,2,6-12H2,1H3,(H,20,22). The maximum Gasteiger partial charge on any atom is 0.220 e. The summed E-state index contributed by atoms with van der Waals surface area (Å²) < 4.78 is 0. The lowest BCUT2D eigenvalue weighted by Gasteiger charge is -2.30. The second-order valence-corrected chi connectivity index (χ2v) is 6.68. The smallest absolute Gasteiger partial charge is 0.220 e. The molecule has 1 saturated heterocycles. The van der Waals surface area contributed by atoms with Crippen LogP contribution >= 0.6 is 23.2 Å². The fraction of sp³-hybridized carbons (Fsp3) is 0.588. The number of amides is 1. The molecule has 1 heterocycles. The number of carbonyl (C=O) groups is 1. The largest absolute Gasteiger partial charge is 0.356 e. The van der Waals surface area contributed by atoms with Gasteiger partial charge in [-0.05, 0) is 56.4 Å². The average molecular weight is 343 g/mol. The van der Waals surface area contributed by atoms with Crippen molar-refractivity contribution in [3.63, 3.8) is 0 Å². The van der Waals surface area contributed by atoms with E-state index in [-0.39, 0.29) is 5.91 Å². The average Bonchev–Trinajstić information content (AvgIpc) is 2.52. The molecule has 0 saturated carbocycles. The van der Waals surface area contributed by atoms with E-state index in [0.717, 1.165) is 38.0 Å². The molecule has 1 fully saturated rings. The van der Waals surface area contributed by atoms with E-state index in [0.29, 0.717) is 35.3 Å². The molecule has 1 aliphatic heterocycles. The monoisotopic (exact) mass is 342 g/mol. The van der Waals surface area contributed by atoms with Crippen LogP contribution in [0.5, 0.6) is 0 Å². The molecule has 0 aromatic heterocycles. The highest BCUT2D eigenvalue weighted by molar-refractivity contribution is 6.42. The third-order valence-corrected chi connectivity index (χ3v) is 5.23. The molecule has 1 aromatic carbocycles. The highest BCUT2D eigenvalue weighted by Gasteiger charge is 2.20. The molecule has 0 atom stereocenters. The van der Waals surface area contributed by atoms with Gasteiger partial charge in [0.15, 0.2) is 0 Å². The van der Waals surface area contributed by atoms with Gasteiger partial charge in [0.2, 0.25) is 5.91 Å². The predicted octanol–water partition coefficient (Wildman–Crippen LogP) is 3.77. The molecule has 122 valence electrons. The first-order valence-corrected chi connectivity index (χ1v) is 8.77. The van der Waals surface area contributed by atoms with E-state index >= 15 is 0 Å². The summed E-state index contributed by atoms with van der Waals surface area (Å²) in [6.07, 6.45) is 3.60. The lowest BCUT2D eigenvalue weighted by molar-refractivity contribution is -0.122. The number of carbonyl (C=O) groups excluding carboxylic acids is 1. The van der Waals surface area contributed by atoms with Crippen LogP contribution in [0.3, 0.4) is 0 Å². The molecule has 1 N–H and O–H groups in total. The van der Waals surface area contributed by atoms with Crippen LogP contribution in [0.15, 0.2) is 18.2 Å². The molecule has 3 nitrogen and oxygen atoms in total. The van der Waals surface area contributed by atoms with Crippen molar-refractivity contribution >= 4 is 29.1 Å². The number of hydrogen-bond acceptors (Lipinski definition) is 2. The van der Waals surface area contributed by atoms with Crippen LogP contribution in [-0.4, -0.2) is 37.0 Å². The maximum absolute atomic E-state index is 12.0. The maximum atomic E-state index is 12.0. The number of piperidine rings is 1. The number of hydrogen-bond donors (Lipinski definition) is 1. The van der Waals surface area contributed by atoms with Crippen molar-refractivity contribution in [2.24, 2.45) is 5.92 Å². The van der Waals surface area contributed by atoms with Crippen LogP contribution in [0.2, 0.25) is 10.0 Å². The normalized spacial score (nSPS) is 16.7. The van der Waals surface area contributed by atoms with Crippen molar-refractivity contribution in [1.82, 2.24) is 10.2 Å². The van der Waals surface area contributed by atoms with E-state index in [4.69, 9.17) is 23.2 Å². The van der Waals surface area contributed by atoms with Crippen LogP contribution in [0.1, 0.15) is 31.7 Å². The van der Waals surface area contributed by atoms with Gasteiger partial charge in [-0.3, -0.25) is 4.79 Å². The SMILES string of the molecule is CCN1CCC(CC(=O)NCCc2cccc(Cl)c2Cl)CC1. The predicted molar refractivity (Wildman–Crippen MR) is 92.6 cm³/mol. The summed E-state index contributed by atoms with van der Waals surface area (Å²) in [5.41, 5.74) is 0.978. The van der Waals surface area contributed by atoms with Crippen molar-refractivity contribution in [2.75, 3.05) is 26.2 Å². The minimum atomic E-state index is 0.146. The van der Waals surface area contributed by atoms with Crippen LogP contribution in [0.25, 0.3) is 0 Å². The Bertz CT molecular complexity index is 499. The van der Waals surface area contributed by atoms with E-state index < -0.39 is 0 Å². The fourth-order valence-corrected chi connectivity index (χ4v) is 3.33. The van der Waals surface area contributed by atoms with Crippen LogP contribution in [0.4, 0.5) is 0 Å². The zero-order chi connectivity index (χ0) is 15.9. The summed E-state index contributed by atoms with van der Waals surface area (Å²) in [6.45, 7) is 6.14. The minimum absolute atomic E-state index is 0.146. The Labute approximate surface area is 143 Å². The van der Waals surface area contributed by atoms with Gasteiger partial charge in [0.05, 0.1) is 10.0 Å². The van der Waals surface area contributed by atoms with E-state index in [9.17, 15) is 4.79 Å². The van der Waals surface area contributed by atoms with Gasteiger partial charge in [0, 0.05) is 13.0 Å². The Morgan fingerprint density at radius 2 is 2.05 bits per heavy atom. The van der Waals surface area contributed by atoms with Crippen molar-refractivity contribution < 1.29 is 4.79 Å². The molecule has 22 heavy (non-hydrogen) atoms. The number of halogens is 2. The minimum Gasteiger partial charge on any atom is -0.356 e. The van der Waals surface area contributed by atoms with Crippen LogP contribution < -0.4 is 5.32 Å². The first kappa shape index (κ1) is 17.6. The molecule has 2 rings (SSSR count). The zero-order valence-electron chi connectivity index (χ0n) is 13.1. The third kappa shape index (κ3) is 5.15. The number of rotatable bonds is 6. The van der Waals surface area contributed by atoms with Gasteiger partial charge in [0.25, 0.3) is 0 Å². The zero-order valence-corrected chi connectivity index (χ0v) is 14.6. The lowest BCUT2D eigenvalue weighted by atomic mass is 9.93.